The quantitative estimate of drug-likeness (QED) is 0.832. The summed E-state index contributed by atoms with van der Waals surface area (Å²) in [4.78, 5) is 14.6. The van der Waals surface area contributed by atoms with Crippen molar-refractivity contribution >= 4 is 22.9 Å². The monoisotopic (exact) mass is 349 g/mol. The fourth-order valence-electron chi connectivity index (χ4n) is 3.45. The number of benzene rings is 2. The highest BCUT2D eigenvalue weighted by molar-refractivity contribution is 6.32. The summed E-state index contributed by atoms with van der Waals surface area (Å²) in [6.07, 6.45) is 1.80. The van der Waals surface area contributed by atoms with Crippen molar-refractivity contribution in [2.24, 2.45) is 0 Å². The first kappa shape index (κ1) is 16.8. The maximum Gasteiger partial charge on any atom is 0.257 e. The van der Waals surface area contributed by atoms with Gasteiger partial charge in [0.25, 0.3) is 5.91 Å². The highest BCUT2D eigenvalue weighted by atomic mass is 16.5. The lowest BCUT2D eigenvalue weighted by atomic mass is 10.0. The van der Waals surface area contributed by atoms with E-state index in [1.165, 1.54) is 5.56 Å². The number of rotatable bonds is 4. The Bertz CT molecular complexity index is 837. The van der Waals surface area contributed by atoms with Crippen molar-refractivity contribution in [2.75, 3.05) is 36.9 Å². The average molecular weight is 349 g/mol. The van der Waals surface area contributed by atoms with Gasteiger partial charge in [-0.25, -0.2) is 0 Å². The molecule has 0 bridgehead atoms. The average Bonchev–Trinajstić information content (AvgIpc) is 2.98. The Morgan fingerprint density at radius 2 is 1.92 bits per heavy atom. The molecule has 1 saturated heterocycles. The second-order valence-corrected chi connectivity index (χ2v) is 6.74. The van der Waals surface area contributed by atoms with Crippen molar-refractivity contribution in [1.82, 2.24) is 4.90 Å². The van der Waals surface area contributed by atoms with Gasteiger partial charge in [-0.2, -0.15) is 0 Å². The number of carbonyl (C=O) groups excluding carboxylic acids is 1. The molecule has 4 rings (SSSR count). The molecule has 26 heavy (non-hydrogen) atoms. The van der Waals surface area contributed by atoms with E-state index < -0.39 is 0 Å². The minimum absolute atomic E-state index is 0.0641. The number of fused-ring (bicyclic) bond motifs is 1. The van der Waals surface area contributed by atoms with Crippen LogP contribution in [0.4, 0.5) is 11.4 Å². The van der Waals surface area contributed by atoms with E-state index in [-0.39, 0.29) is 5.91 Å². The van der Waals surface area contributed by atoms with Gasteiger partial charge in [-0.1, -0.05) is 24.3 Å². The van der Waals surface area contributed by atoms with Gasteiger partial charge in [-0.15, -0.1) is 0 Å². The first-order valence-electron chi connectivity index (χ1n) is 8.98. The lowest BCUT2D eigenvalue weighted by Crippen LogP contribution is -2.35. The number of hydrogen-bond donors (Lipinski definition) is 2. The summed E-state index contributed by atoms with van der Waals surface area (Å²) in [6, 6.07) is 14.3. The fraction of sp³-hybridized carbons (Fsp3) is 0.286. The van der Waals surface area contributed by atoms with Gasteiger partial charge in [0, 0.05) is 42.8 Å². The molecule has 0 aliphatic carbocycles. The zero-order valence-corrected chi connectivity index (χ0v) is 14.9. The molecule has 1 fully saturated rings. The van der Waals surface area contributed by atoms with Crippen molar-refractivity contribution in [3.05, 3.63) is 65.4 Å². The van der Waals surface area contributed by atoms with Crippen LogP contribution in [0, 0.1) is 6.92 Å². The Morgan fingerprint density at radius 1 is 1.15 bits per heavy atom. The molecule has 134 valence electrons. The number of aryl methyl sites for hydroxylation is 1. The minimum Gasteiger partial charge on any atom is -0.379 e. The summed E-state index contributed by atoms with van der Waals surface area (Å²) in [5.41, 5.74) is 5.88. The number of amides is 1. The summed E-state index contributed by atoms with van der Waals surface area (Å²) < 4.78 is 5.39. The van der Waals surface area contributed by atoms with Gasteiger partial charge in [-0.05, 0) is 36.2 Å². The third kappa shape index (κ3) is 3.49. The van der Waals surface area contributed by atoms with Crippen molar-refractivity contribution < 1.29 is 9.53 Å². The summed E-state index contributed by atoms with van der Waals surface area (Å²) >= 11 is 0. The molecular formula is C21H23N3O2. The maximum atomic E-state index is 12.2. The largest absolute Gasteiger partial charge is 0.379 e. The predicted molar refractivity (Wildman–Crippen MR) is 104 cm³/mol. The normalized spacial score (nSPS) is 18.7. The summed E-state index contributed by atoms with van der Waals surface area (Å²) in [6.45, 7) is 6.57. The Morgan fingerprint density at radius 3 is 2.69 bits per heavy atom. The standard InChI is InChI=1S/C21H23N3O2/c1-15-3-2-4-19-20(15)18(21(25)23-19)13-22-17-7-5-16(6-8-17)14-24-9-11-26-12-10-24/h2-8,13,22H,9-12,14H2,1H3,(H,23,25)/b18-13-. The van der Waals surface area contributed by atoms with Crippen molar-refractivity contribution in [3.8, 4) is 0 Å². The molecule has 0 spiro atoms. The number of morpholine rings is 1. The molecule has 2 aliphatic heterocycles. The molecular weight excluding hydrogens is 326 g/mol. The van der Waals surface area contributed by atoms with E-state index in [0.717, 1.165) is 55.3 Å². The fourth-order valence-corrected chi connectivity index (χ4v) is 3.45. The zero-order valence-electron chi connectivity index (χ0n) is 14.9. The highest BCUT2D eigenvalue weighted by Crippen LogP contribution is 2.34. The van der Waals surface area contributed by atoms with Crippen molar-refractivity contribution in [2.45, 2.75) is 13.5 Å². The van der Waals surface area contributed by atoms with E-state index in [2.05, 4.69) is 39.8 Å². The Hall–Kier alpha value is -2.63. The molecule has 0 radical (unpaired) electrons. The van der Waals surface area contributed by atoms with Crippen LogP contribution in [0.2, 0.25) is 0 Å². The highest BCUT2D eigenvalue weighted by Gasteiger charge is 2.25. The molecule has 0 unspecified atom stereocenters. The van der Waals surface area contributed by atoms with Crippen LogP contribution < -0.4 is 10.6 Å². The number of anilines is 2. The third-order valence-electron chi connectivity index (χ3n) is 4.88. The van der Waals surface area contributed by atoms with E-state index in [1.807, 2.05) is 25.1 Å². The SMILES string of the molecule is Cc1cccc2c1/C(=C/Nc1ccc(CN3CCOCC3)cc1)C(=O)N2. The molecule has 5 heteroatoms. The molecule has 2 aromatic rings. The molecule has 0 aromatic heterocycles. The second-order valence-electron chi connectivity index (χ2n) is 6.74. The first-order chi connectivity index (χ1) is 12.7. The second kappa shape index (κ2) is 7.32. The van der Waals surface area contributed by atoms with Crippen LogP contribution in [-0.2, 0) is 16.1 Å². The van der Waals surface area contributed by atoms with Crippen molar-refractivity contribution in [3.63, 3.8) is 0 Å². The lowest BCUT2D eigenvalue weighted by molar-refractivity contribution is -0.110. The molecule has 2 heterocycles. The maximum absolute atomic E-state index is 12.2. The summed E-state index contributed by atoms with van der Waals surface area (Å²) in [5.74, 6) is -0.0641. The van der Waals surface area contributed by atoms with Crippen LogP contribution in [0.3, 0.4) is 0 Å². The summed E-state index contributed by atoms with van der Waals surface area (Å²) in [5, 5.41) is 6.18. The van der Waals surface area contributed by atoms with E-state index in [4.69, 9.17) is 4.74 Å². The molecule has 0 atom stereocenters. The molecule has 2 aliphatic rings. The zero-order chi connectivity index (χ0) is 17.9. The van der Waals surface area contributed by atoms with Gasteiger partial charge in [0.05, 0.1) is 18.8 Å². The van der Waals surface area contributed by atoms with Crippen molar-refractivity contribution in [1.29, 1.82) is 0 Å². The van der Waals surface area contributed by atoms with Gasteiger partial charge in [-0.3, -0.25) is 9.69 Å². The molecule has 0 saturated carbocycles. The topological polar surface area (TPSA) is 53.6 Å². The third-order valence-corrected chi connectivity index (χ3v) is 4.88. The van der Waals surface area contributed by atoms with Gasteiger partial charge in [0.2, 0.25) is 0 Å². The van der Waals surface area contributed by atoms with Crippen LogP contribution in [0.25, 0.3) is 5.57 Å². The Balaban J connectivity index is 1.45. The first-order valence-corrected chi connectivity index (χ1v) is 8.98. The van der Waals surface area contributed by atoms with Gasteiger partial charge in [0.15, 0.2) is 0 Å². The van der Waals surface area contributed by atoms with Crippen LogP contribution in [-0.4, -0.2) is 37.1 Å². The Labute approximate surface area is 153 Å². The van der Waals surface area contributed by atoms with Gasteiger partial charge >= 0.3 is 0 Å². The minimum atomic E-state index is -0.0641. The van der Waals surface area contributed by atoms with E-state index in [1.54, 1.807) is 6.20 Å². The molecule has 1 amide bonds. The van der Waals surface area contributed by atoms with Crippen LogP contribution in [0.1, 0.15) is 16.7 Å². The lowest BCUT2D eigenvalue weighted by Gasteiger charge is -2.26. The number of ether oxygens (including phenoxy) is 1. The molecule has 5 nitrogen and oxygen atoms in total. The smallest absolute Gasteiger partial charge is 0.257 e. The number of carbonyl (C=O) groups is 1. The van der Waals surface area contributed by atoms with Gasteiger partial charge < -0.3 is 15.4 Å². The van der Waals surface area contributed by atoms with E-state index in [0.29, 0.717) is 5.57 Å². The van der Waals surface area contributed by atoms with E-state index >= 15 is 0 Å². The van der Waals surface area contributed by atoms with E-state index in [9.17, 15) is 4.79 Å². The molecule has 2 N–H and O–H groups in total. The van der Waals surface area contributed by atoms with Crippen LogP contribution >= 0.6 is 0 Å². The predicted octanol–water partition coefficient (Wildman–Crippen LogP) is 3.23. The van der Waals surface area contributed by atoms with Crippen LogP contribution in [0.15, 0.2) is 48.7 Å². The van der Waals surface area contributed by atoms with Gasteiger partial charge in [0.1, 0.15) is 0 Å². The summed E-state index contributed by atoms with van der Waals surface area (Å²) in [7, 11) is 0. The molecule has 2 aromatic carbocycles. The number of nitrogens with one attached hydrogen (secondary N) is 2. The Kier molecular flexibility index (Phi) is 4.73. The number of hydrogen-bond acceptors (Lipinski definition) is 4. The van der Waals surface area contributed by atoms with Crippen LogP contribution in [0.5, 0.6) is 0 Å². The number of nitrogens with zero attached hydrogens (tertiary/aromatic N) is 1.